The number of piperidine rings is 2. The molecule has 2 heterocycles. The van der Waals surface area contributed by atoms with E-state index in [4.69, 9.17) is 0 Å². The van der Waals surface area contributed by atoms with Crippen LogP contribution in [0.3, 0.4) is 0 Å². The summed E-state index contributed by atoms with van der Waals surface area (Å²) in [7, 11) is 0. The van der Waals surface area contributed by atoms with Gasteiger partial charge in [-0.3, -0.25) is 0 Å². The maximum atomic E-state index is 3.52. The predicted molar refractivity (Wildman–Crippen MR) is 74.3 cm³/mol. The number of rotatable bonds is 4. The molecule has 1 N–H and O–H groups in total. The van der Waals surface area contributed by atoms with Crippen molar-refractivity contribution >= 4 is 0 Å². The lowest BCUT2D eigenvalue weighted by Crippen LogP contribution is -2.40. The van der Waals surface area contributed by atoms with Crippen molar-refractivity contribution in [2.75, 3.05) is 32.7 Å². The standard InChI is InChI=1S/C15H30N2/c1-15(2)8-5-11-17(13-15)10-4-7-14-6-3-9-16-12-14/h14,16H,3-13H2,1-2H3. The topological polar surface area (TPSA) is 15.3 Å². The lowest BCUT2D eigenvalue weighted by molar-refractivity contribution is 0.114. The Balaban J connectivity index is 1.61. The summed E-state index contributed by atoms with van der Waals surface area (Å²) in [5, 5.41) is 3.52. The predicted octanol–water partition coefficient (Wildman–Crippen LogP) is 2.89. The Morgan fingerprint density at radius 2 is 2.18 bits per heavy atom. The van der Waals surface area contributed by atoms with Crippen molar-refractivity contribution in [1.82, 2.24) is 10.2 Å². The summed E-state index contributed by atoms with van der Waals surface area (Å²) in [5.74, 6) is 0.960. The number of nitrogens with zero attached hydrogens (tertiary/aromatic N) is 1. The molecule has 0 aromatic carbocycles. The summed E-state index contributed by atoms with van der Waals surface area (Å²) in [6.07, 6.45) is 8.50. The van der Waals surface area contributed by atoms with Crippen molar-refractivity contribution in [3.8, 4) is 0 Å². The highest BCUT2D eigenvalue weighted by Crippen LogP contribution is 2.28. The lowest BCUT2D eigenvalue weighted by Gasteiger charge is -2.38. The molecule has 0 spiro atoms. The van der Waals surface area contributed by atoms with Crippen molar-refractivity contribution < 1.29 is 0 Å². The van der Waals surface area contributed by atoms with Gasteiger partial charge in [0.15, 0.2) is 0 Å². The van der Waals surface area contributed by atoms with E-state index in [1.165, 1.54) is 71.2 Å². The van der Waals surface area contributed by atoms with Gasteiger partial charge in [-0.05, 0) is 76.0 Å². The highest BCUT2D eigenvalue weighted by Gasteiger charge is 2.25. The minimum Gasteiger partial charge on any atom is -0.316 e. The molecule has 2 aliphatic heterocycles. The van der Waals surface area contributed by atoms with Gasteiger partial charge in [0.2, 0.25) is 0 Å². The van der Waals surface area contributed by atoms with Gasteiger partial charge in [-0.2, -0.15) is 0 Å². The van der Waals surface area contributed by atoms with Gasteiger partial charge in [0.25, 0.3) is 0 Å². The molecule has 0 saturated carbocycles. The number of hydrogen-bond acceptors (Lipinski definition) is 2. The Morgan fingerprint density at radius 3 is 2.88 bits per heavy atom. The van der Waals surface area contributed by atoms with E-state index < -0.39 is 0 Å². The molecule has 17 heavy (non-hydrogen) atoms. The van der Waals surface area contributed by atoms with Crippen molar-refractivity contribution in [3.63, 3.8) is 0 Å². The molecule has 2 rings (SSSR count). The first kappa shape index (κ1) is 13.4. The van der Waals surface area contributed by atoms with Crippen molar-refractivity contribution in [3.05, 3.63) is 0 Å². The minimum atomic E-state index is 0.560. The third-order valence-electron chi connectivity index (χ3n) is 4.47. The van der Waals surface area contributed by atoms with E-state index in [0.29, 0.717) is 5.41 Å². The van der Waals surface area contributed by atoms with Crippen molar-refractivity contribution in [1.29, 1.82) is 0 Å². The quantitative estimate of drug-likeness (QED) is 0.810. The highest BCUT2D eigenvalue weighted by atomic mass is 15.1. The van der Waals surface area contributed by atoms with Crippen LogP contribution in [0.1, 0.15) is 52.4 Å². The average molecular weight is 238 g/mol. The number of likely N-dealkylation sites (tertiary alicyclic amines) is 1. The maximum Gasteiger partial charge on any atom is 0.00327 e. The van der Waals surface area contributed by atoms with E-state index in [2.05, 4.69) is 24.1 Å². The Morgan fingerprint density at radius 1 is 1.29 bits per heavy atom. The molecule has 100 valence electrons. The molecular weight excluding hydrogens is 208 g/mol. The highest BCUT2D eigenvalue weighted by molar-refractivity contribution is 4.79. The van der Waals surface area contributed by atoms with Crippen LogP contribution in [0, 0.1) is 11.3 Å². The summed E-state index contributed by atoms with van der Waals surface area (Å²) < 4.78 is 0. The second-order valence-corrected chi connectivity index (χ2v) is 6.90. The second kappa shape index (κ2) is 6.19. The molecule has 2 nitrogen and oxygen atoms in total. The largest absolute Gasteiger partial charge is 0.316 e. The first-order valence-electron chi connectivity index (χ1n) is 7.59. The molecule has 0 aromatic rings. The fraction of sp³-hybridized carbons (Fsp3) is 1.00. The molecule has 1 unspecified atom stereocenters. The van der Waals surface area contributed by atoms with Crippen molar-refractivity contribution in [2.45, 2.75) is 52.4 Å². The zero-order valence-corrected chi connectivity index (χ0v) is 11.8. The number of hydrogen-bond donors (Lipinski definition) is 1. The SMILES string of the molecule is CC1(C)CCCN(CCCC2CCCNC2)C1. The van der Waals surface area contributed by atoms with Crippen LogP contribution in [-0.2, 0) is 0 Å². The molecule has 2 saturated heterocycles. The van der Waals surface area contributed by atoms with Gasteiger partial charge in [-0.1, -0.05) is 13.8 Å². The van der Waals surface area contributed by atoms with Gasteiger partial charge in [-0.15, -0.1) is 0 Å². The third-order valence-corrected chi connectivity index (χ3v) is 4.47. The Hall–Kier alpha value is -0.0800. The van der Waals surface area contributed by atoms with Crippen LogP contribution in [0.15, 0.2) is 0 Å². The molecule has 0 radical (unpaired) electrons. The molecular formula is C15H30N2. The minimum absolute atomic E-state index is 0.560. The van der Waals surface area contributed by atoms with Crippen LogP contribution < -0.4 is 5.32 Å². The van der Waals surface area contributed by atoms with Gasteiger partial charge in [0.1, 0.15) is 0 Å². The van der Waals surface area contributed by atoms with Crippen LogP contribution in [0.4, 0.5) is 0 Å². The van der Waals surface area contributed by atoms with E-state index in [1.54, 1.807) is 0 Å². The summed E-state index contributed by atoms with van der Waals surface area (Å²) in [6, 6.07) is 0. The first-order chi connectivity index (χ1) is 8.16. The molecule has 1 atom stereocenters. The zero-order valence-electron chi connectivity index (χ0n) is 11.8. The first-order valence-corrected chi connectivity index (χ1v) is 7.59. The smallest absolute Gasteiger partial charge is 0.00327 e. The Bertz CT molecular complexity index is 219. The van der Waals surface area contributed by atoms with Crippen LogP contribution in [0.25, 0.3) is 0 Å². The Kier molecular flexibility index (Phi) is 4.87. The molecule has 2 fully saturated rings. The van der Waals surface area contributed by atoms with E-state index in [-0.39, 0.29) is 0 Å². The molecule has 2 aliphatic rings. The molecule has 0 aliphatic carbocycles. The van der Waals surface area contributed by atoms with Crippen LogP contribution in [0.2, 0.25) is 0 Å². The maximum absolute atomic E-state index is 3.52. The van der Waals surface area contributed by atoms with E-state index in [9.17, 15) is 0 Å². The Labute approximate surface area is 107 Å². The van der Waals surface area contributed by atoms with Gasteiger partial charge < -0.3 is 10.2 Å². The monoisotopic (exact) mass is 238 g/mol. The summed E-state index contributed by atoms with van der Waals surface area (Å²) in [4.78, 5) is 2.69. The molecule has 0 amide bonds. The molecule has 0 bridgehead atoms. The van der Waals surface area contributed by atoms with E-state index in [0.717, 1.165) is 5.92 Å². The van der Waals surface area contributed by atoms with Crippen LogP contribution >= 0.6 is 0 Å². The summed E-state index contributed by atoms with van der Waals surface area (Å²) in [5.41, 5.74) is 0.560. The second-order valence-electron chi connectivity index (χ2n) is 6.90. The average Bonchev–Trinajstić information content (AvgIpc) is 2.29. The van der Waals surface area contributed by atoms with E-state index in [1.807, 2.05) is 0 Å². The summed E-state index contributed by atoms with van der Waals surface area (Å²) in [6.45, 7) is 11.3. The molecule has 2 heteroatoms. The van der Waals surface area contributed by atoms with Gasteiger partial charge >= 0.3 is 0 Å². The van der Waals surface area contributed by atoms with Gasteiger partial charge in [0.05, 0.1) is 0 Å². The van der Waals surface area contributed by atoms with Crippen LogP contribution in [-0.4, -0.2) is 37.6 Å². The summed E-state index contributed by atoms with van der Waals surface area (Å²) >= 11 is 0. The number of nitrogens with one attached hydrogen (secondary N) is 1. The van der Waals surface area contributed by atoms with Gasteiger partial charge in [-0.25, -0.2) is 0 Å². The van der Waals surface area contributed by atoms with Gasteiger partial charge in [0, 0.05) is 6.54 Å². The van der Waals surface area contributed by atoms with Crippen molar-refractivity contribution in [2.24, 2.45) is 11.3 Å². The fourth-order valence-electron chi connectivity index (χ4n) is 3.51. The normalized spacial score (nSPS) is 30.4. The van der Waals surface area contributed by atoms with Crippen LogP contribution in [0.5, 0.6) is 0 Å². The third kappa shape index (κ3) is 4.59. The lowest BCUT2D eigenvalue weighted by atomic mass is 9.84. The zero-order chi connectivity index (χ0) is 12.1. The molecule has 0 aromatic heterocycles. The fourth-order valence-corrected chi connectivity index (χ4v) is 3.51. The van der Waals surface area contributed by atoms with E-state index >= 15 is 0 Å².